The zero-order valence-corrected chi connectivity index (χ0v) is 17.7. The maximum Gasteiger partial charge on any atom is 0.363 e. The number of benzene rings is 2. The van der Waals surface area contributed by atoms with Crippen LogP contribution in [0.2, 0.25) is 0 Å². The predicted octanol–water partition coefficient (Wildman–Crippen LogP) is 5.69. The zero-order valence-electron chi connectivity index (χ0n) is 14.5. The molecule has 134 valence electrons. The summed E-state index contributed by atoms with van der Waals surface area (Å²) >= 11 is 6.89. The number of cyclic esters (lactones) is 1. The highest BCUT2D eigenvalue weighted by atomic mass is 79.9. The van der Waals surface area contributed by atoms with Gasteiger partial charge in [0, 0.05) is 15.6 Å². The Labute approximate surface area is 169 Å². The first-order valence-electron chi connectivity index (χ1n) is 8.05. The maximum absolute atomic E-state index is 12.2. The van der Waals surface area contributed by atoms with Gasteiger partial charge in [-0.15, -0.1) is 0 Å². The normalized spacial score (nSPS) is 15.4. The number of ether oxygens (including phenoxy) is 2. The molecular formula is C20H17Br2NO3. The van der Waals surface area contributed by atoms with E-state index >= 15 is 0 Å². The Hall–Kier alpha value is -1.92. The minimum Gasteiger partial charge on any atom is -0.495 e. The van der Waals surface area contributed by atoms with Gasteiger partial charge in [-0.25, -0.2) is 9.79 Å². The van der Waals surface area contributed by atoms with Gasteiger partial charge in [0.2, 0.25) is 5.90 Å². The molecule has 0 saturated heterocycles. The van der Waals surface area contributed by atoms with Crippen LogP contribution in [-0.4, -0.2) is 19.0 Å². The summed E-state index contributed by atoms with van der Waals surface area (Å²) in [4.78, 5) is 16.6. The van der Waals surface area contributed by atoms with Crippen LogP contribution in [0, 0.1) is 0 Å². The number of methoxy groups -OCH3 is 1. The molecule has 0 amide bonds. The van der Waals surface area contributed by atoms with Crippen molar-refractivity contribution in [1.29, 1.82) is 0 Å². The third kappa shape index (κ3) is 3.91. The molecule has 1 heterocycles. The number of halogens is 2. The zero-order chi connectivity index (χ0) is 18.8. The summed E-state index contributed by atoms with van der Waals surface area (Å²) in [5.41, 5.74) is 2.95. The van der Waals surface area contributed by atoms with Gasteiger partial charge in [0.25, 0.3) is 0 Å². The molecule has 2 aromatic rings. The average molecular weight is 479 g/mol. The molecule has 0 aromatic heterocycles. The molecule has 0 bridgehead atoms. The number of hydrogen-bond acceptors (Lipinski definition) is 4. The van der Waals surface area contributed by atoms with Crippen LogP contribution in [0.15, 0.2) is 56.0 Å². The lowest BCUT2D eigenvalue weighted by Crippen LogP contribution is -2.05. The molecule has 0 N–H and O–H groups in total. The summed E-state index contributed by atoms with van der Waals surface area (Å²) in [7, 11) is 1.58. The lowest BCUT2D eigenvalue weighted by molar-refractivity contribution is -0.129. The van der Waals surface area contributed by atoms with E-state index in [-0.39, 0.29) is 5.70 Å². The van der Waals surface area contributed by atoms with E-state index in [4.69, 9.17) is 9.47 Å². The minimum atomic E-state index is -0.480. The number of nitrogens with zero attached hydrogens (tertiary/aromatic N) is 1. The van der Waals surface area contributed by atoms with E-state index in [2.05, 4.69) is 50.7 Å². The lowest BCUT2D eigenvalue weighted by Gasteiger charge is -2.08. The molecule has 6 heteroatoms. The van der Waals surface area contributed by atoms with Crippen molar-refractivity contribution in [2.24, 2.45) is 4.99 Å². The second-order valence-electron chi connectivity index (χ2n) is 6.12. The summed E-state index contributed by atoms with van der Waals surface area (Å²) < 4.78 is 12.4. The van der Waals surface area contributed by atoms with E-state index < -0.39 is 5.97 Å². The highest BCUT2D eigenvalue weighted by molar-refractivity contribution is 9.11. The summed E-state index contributed by atoms with van der Waals surface area (Å²) in [5, 5.41) is 0. The molecule has 4 nitrogen and oxygen atoms in total. The Kier molecular flexibility index (Phi) is 5.63. The predicted molar refractivity (Wildman–Crippen MR) is 110 cm³/mol. The Bertz CT molecular complexity index is 915. The standard InChI is InChI=1S/C20H17Br2NO3/c1-11(2)12-4-6-13(7-5-12)19-23-17(20(24)26-19)9-14-8-15(21)10-16(22)18(14)25-3/h4-11H,1-3H3/b17-9-. The highest BCUT2D eigenvalue weighted by Gasteiger charge is 2.25. The molecule has 0 aliphatic carbocycles. The molecule has 1 aliphatic heterocycles. The number of carbonyl (C=O) groups excluding carboxylic acids is 1. The highest BCUT2D eigenvalue weighted by Crippen LogP contribution is 2.34. The van der Waals surface area contributed by atoms with Gasteiger partial charge in [0.05, 0.1) is 11.6 Å². The van der Waals surface area contributed by atoms with Crippen molar-refractivity contribution in [3.8, 4) is 5.75 Å². The van der Waals surface area contributed by atoms with E-state index in [1.807, 2.05) is 36.4 Å². The minimum absolute atomic E-state index is 0.233. The van der Waals surface area contributed by atoms with Crippen LogP contribution in [0.25, 0.3) is 6.08 Å². The Balaban J connectivity index is 1.97. The Morgan fingerprint density at radius 3 is 2.46 bits per heavy atom. The van der Waals surface area contributed by atoms with Gasteiger partial charge in [-0.3, -0.25) is 0 Å². The summed E-state index contributed by atoms with van der Waals surface area (Å²) in [6.45, 7) is 4.26. The summed E-state index contributed by atoms with van der Waals surface area (Å²) in [6, 6.07) is 11.6. The van der Waals surface area contributed by atoms with Gasteiger partial charge in [-0.05, 0) is 57.8 Å². The molecule has 0 fully saturated rings. The number of esters is 1. The van der Waals surface area contributed by atoms with Gasteiger partial charge in [0.1, 0.15) is 5.75 Å². The van der Waals surface area contributed by atoms with E-state index in [0.29, 0.717) is 17.6 Å². The third-order valence-electron chi connectivity index (χ3n) is 3.98. The second-order valence-corrected chi connectivity index (χ2v) is 7.89. The largest absolute Gasteiger partial charge is 0.495 e. The van der Waals surface area contributed by atoms with Crippen LogP contribution in [0.4, 0.5) is 0 Å². The van der Waals surface area contributed by atoms with E-state index in [1.165, 1.54) is 5.56 Å². The molecule has 0 spiro atoms. The molecule has 0 unspecified atom stereocenters. The Morgan fingerprint density at radius 2 is 1.85 bits per heavy atom. The maximum atomic E-state index is 12.2. The fourth-order valence-electron chi connectivity index (χ4n) is 2.59. The van der Waals surface area contributed by atoms with Gasteiger partial charge < -0.3 is 9.47 Å². The van der Waals surface area contributed by atoms with Crippen molar-refractivity contribution >= 4 is 49.8 Å². The number of aliphatic imine (C=N–C) groups is 1. The van der Waals surface area contributed by atoms with Crippen molar-refractivity contribution < 1.29 is 14.3 Å². The SMILES string of the molecule is COc1c(Br)cc(Br)cc1/C=C1\N=C(c2ccc(C(C)C)cc2)OC1=O. The van der Waals surface area contributed by atoms with Gasteiger partial charge >= 0.3 is 5.97 Å². The molecule has 0 radical (unpaired) electrons. The van der Waals surface area contributed by atoms with Gasteiger partial charge in [-0.1, -0.05) is 41.9 Å². The van der Waals surface area contributed by atoms with Crippen molar-refractivity contribution in [2.45, 2.75) is 19.8 Å². The van der Waals surface area contributed by atoms with Crippen molar-refractivity contribution in [1.82, 2.24) is 0 Å². The van der Waals surface area contributed by atoms with Crippen LogP contribution < -0.4 is 4.74 Å². The van der Waals surface area contributed by atoms with Crippen LogP contribution >= 0.6 is 31.9 Å². The monoisotopic (exact) mass is 477 g/mol. The van der Waals surface area contributed by atoms with Crippen LogP contribution in [-0.2, 0) is 9.53 Å². The fraction of sp³-hybridized carbons (Fsp3) is 0.200. The number of rotatable bonds is 4. The molecule has 0 atom stereocenters. The van der Waals surface area contributed by atoms with Crippen LogP contribution in [0.5, 0.6) is 5.75 Å². The topological polar surface area (TPSA) is 47.9 Å². The third-order valence-corrected chi connectivity index (χ3v) is 5.03. The number of carbonyl (C=O) groups is 1. The molecule has 0 saturated carbocycles. The van der Waals surface area contributed by atoms with Crippen LogP contribution in [0.3, 0.4) is 0 Å². The lowest BCUT2D eigenvalue weighted by atomic mass is 10.0. The fourth-order valence-corrected chi connectivity index (χ4v) is 4.01. The first-order valence-corrected chi connectivity index (χ1v) is 9.63. The first-order chi connectivity index (χ1) is 12.4. The second kappa shape index (κ2) is 7.76. The quantitative estimate of drug-likeness (QED) is 0.419. The average Bonchev–Trinajstić information content (AvgIpc) is 2.95. The molecule has 26 heavy (non-hydrogen) atoms. The van der Waals surface area contributed by atoms with Crippen LogP contribution in [0.1, 0.15) is 36.5 Å². The molecule has 2 aromatic carbocycles. The first kappa shape index (κ1) is 18.9. The van der Waals surface area contributed by atoms with Crippen molar-refractivity contribution in [3.05, 3.63) is 67.7 Å². The molecule has 1 aliphatic rings. The van der Waals surface area contributed by atoms with E-state index in [9.17, 15) is 4.79 Å². The van der Waals surface area contributed by atoms with Gasteiger partial charge in [0.15, 0.2) is 5.70 Å². The smallest absolute Gasteiger partial charge is 0.363 e. The van der Waals surface area contributed by atoms with E-state index in [1.54, 1.807) is 13.2 Å². The Morgan fingerprint density at radius 1 is 1.15 bits per heavy atom. The van der Waals surface area contributed by atoms with Crippen molar-refractivity contribution in [2.75, 3.05) is 7.11 Å². The van der Waals surface area contributed by atoms with Crippen molar-refractivity contribution in [3.63, 3.8) is 0 Å². The molecule has 3 rings (SSSR count). The van der Waals surface area contributed by atoms with E-state index in [0.717, 1.165) is 20.1 Å². The summed E-state index contributed by atoms with van der Waals surface area (Å²) in [5.74, 6) is 0.893. The van der Waals surface area contributed by atoms with Gasteiger partial charge in [-0.2, -0.15) is 0 Å². The summed E-state index contributed by atoms with van der Waals surface area (Å²) in [6.07, 6.45) is 1.66. The molecular weight excluding hydrogens is 462 g/mol. The number of hydrogen-bond donors (Lipinski definition) is 0.